The average Bonchev–Trinajstić information content (AvgIpc) is 2.87. The van der Waals surface area contributed by atoms with E-state index in [0.29, 0.717) is 29.5 Å². The van der Waals surface area contributed by atoms with Crippen LogP contribution in [0.15, 0.2) is 24.7 Å². The molecule has 0 spiro atoms. The van der Waals surface area contributed by atoms with E-state index >= 15 is 0 Å². The quantitative estimate of drug-likeness (QED) is 0.692. The number of hydrogen-bond donors (Lipinski definition) is 0. The number of hydrogen-bond acceptors (Lipinski definition) is 5. The molecule has 3 aromatic heterocycles. The van der Waals surface area contributed by atoms with Gasteiger partial charge in [0, 0.05) is 11.9 Å². The van der Waals surface area contributed by atoms with E-state index in [1.165, 1.54) is 6.33 Å². The lowest BCUT2D eigenvalue weighted by atomic mass is 10.2. The number of aryl methyl sites for hydroxylation is 1. The molecule has 108 valence electrons. The van der Waals surface area contributed by atoms with Crippen molar-refractivity contribution in [3.05, 3.63) is 41.7 Å². The molecule has 0 bridgehead atoms. The number of rotatable bonds is 4. The second-order valence-electron chi connectivity index (χ2n) is 4.61. The van der Waals surface area contributed by atoms with Gasteiger partial charge in [-0.1, -0.05) is 6.07 Å². The Kier molecular flexibility index (Phi) is 3.70. The van der Waals surface area contributed by atoms with Crippen molar-refractivity contribution < 1.29 is 4.74 Å². The molecule has 0 radical (unpaired) electrons. The Morgan fingerprint density at radius 3 is 2.76 bits per heavy atom. The molecule has 0 unspecified atom stereocenters. The summed E-state index contributed by atoms with van der Waals surface area (Å²) < 4.78 is 7.18. The van der Waals surface area contributed by atoms with E-state index in [1.807, 2.05) is 29.8 Å². The molecule has 3 aromatic rings. The highest BCUT2D eigenvalue weighted by Gasteiger charge is 2.16. The molecular formula is C14H14ClN5O. The molecule has 0 N–H and O–H groups in total. The number of pyridine rings is 1. The van der Waals surface area contributed by atoms with Crippen LogP contribution in [-0.4, -0.2) is 31.6 Å². The van der Waals surface area contributed by atoms with Crippen molar-refractivity contribution in [2.45, 2.75) is 19.3 Å². The normalized spacial score (nSPS) is 11.0. The van der Waals surface area contributed by atoms with Gasteiger partial charge in [0.25, 0.3) is 0 Å². The minimum Gasteiger partial charge on any atom is -0.479 e. The van der Waals surface area contributed by atoms with Crippen molar-refractivity contribution in [3.63, 3.8) is 0 Å². The van der Waals surface area contributed by atoms with Crippen LogP contribution in [0.2, 0.25) is 0 Å². The van der Waals surface area contributed by atoms with Gasteiger partial charge in [-0.3, -0.25) is 4.98 Å². The van der Waals surface area contributed by atoms with Gasteiger partial charge in [0.15, 0.2) is 11.2 Å². The second-order valence-corrected chi connectivity index (χ2v) is 4.88. The molecule has 0 aliphatic rings. The van der Waals surface area contributed by atoms with Crippen LogP contribution in [-0.2, 0) is 12.4 Å². The zero-order valence-corrected chi connectivity index (χ0v) is 12.5. The first-order chi connectivity index (χ1) is 10.2. The number of fused-ring (bicyclic) bond motifs is 1. The Hall–Kier alpha value is -2.21. The zero-order valence-electron chi connectivity index (χ0n) is 11.7. The average molecular weight is 304 g/mol. The van der Waals surface area contributed by atoms with Crippen molar-refractivity contribution in [1.82, 2.24) is 24.5 Å². The summed E-state index contributed by atoms with van der Waals surface area (Å²) in [6.45, 7) is 2.56. The molecule has 0 amide bonds. The molecule has 0 fully saturated rings. The summed E-state index contributed by atoms with van der Waals surface area (Å²) >= 11 is 6.00. The maximum atomic E-state index is 6.00. The number of halogens is 1. The third-order valence-corrected chi connectivity index (χ3v) is 3.44. The van der Waals surface area contributed by atoms with Crippen LogP contribution in [0, 0.1) is 6.92 Å². The highest BCUT2D eigenvalue weighted by Crippen LogP contribution is 2.23. The van der Waals surface area contributed by atoms with Crippen LogP contribution < -0.4 is 4.74 Å². The summed E-state index contributed by atoms with van der Waals surface area (Å²) in [6.07, 6.45) is 3.31. The summed E-state index contributed by atoms with van der Waals surface area (Å²) in [4.78, 5) is 17.2. The fourth-order valence-electron chi connectivity index (χ4n) is 2.15. The van der Waals surface area contributed by atoms with E-state index in [-0.39, 0.29) is 0 Å². The van der Waals surface area contributed by atoms with Gasteiger partial charge < -0.3 is 9.30 Å². The second kappa shape index (κ2) is 5.65. The predicted molar refractivity (Wildman–Crippen MR) is 79.5 cm³/mol. The minimum atomic E-state index is 0.290. The Labute approximate surface area is 126 Å². The van der Waals surface area contributed by atoms with E-state index < -0.39 is 0 Å². The Morgan fingerprint density at radius 1 is 1.24 bits per heavy atom. The molecule has 0 aliphatic heterocycles. The number of imidazole rings is 1. The highest BCUT2D eigenvalue weighted by atomic mass is 35.5. The SMILES string of the molecule is COc1ncnc2c1nc(CCl)n2Cc1ccc(C)nc1. The third-order valence-electron chi connectivity index (χ3n) is 3.20. The smallest absolute Gasteiger partial charge is 0.245 e. The monoisotopic (exact) mass is 303 g/mol. The van der Waals surface area contributed by atoms with E-state index in [4.69, 9.17) is 16.3 Å². The van der Waals surface area contributed by atoms with Gasteiger partial charge in [0.05, 0.1) is 19.5 Å². The van der Waals surface area contributed by atoms with E-state index in [1.54, 1.807) is 7.11 Å². The number of alkyl halides is 1. The molecule has 21 heavy (non-hydrogen) atoms. The van der Waals surface area contributed by atoms with E-state index in [0.717, 1.165) is 17.1 Å². The molecule has 0 aromatic carbocycles. The van der Waals surface area contributed by atoms with Gasteiger partial charge in [0.2, 0.25) is 5.88 Å². The fraction of sp³-hybridized carbons (Fsp3) is 0.286. The third kappa shape index (κ3) is 2.54. The summed E-state index contributed by atoms with van der Waals surface area (Å²) in [5.41, 5.74) is 3.37. The topological polar surface area (TPSA) is 65.7 Å². The maximum absolute atomic E-state index is 6.00. The molecule has 3 rings (SSSR count). The van der Waals surface area contributed by atoms with Gasteiger partial charge in [-0.25, -0.2) is 9.97 Å². The molecule has 0 saturated carbocycles. The molecule has 0 atom stereocenters. The van der Waals surface area contributed by atoms with Gasteiger partial charge in [-0.15, -0.1) is 11.6 Å². The molecule has 7 heteroatoms. The first-order valence-electron chi connectivity index (χ1n) is 6.44. The van der Waals surface area contributed by atoms with Crippen molar-refractivity contribution >= 4 is 22.8 Å². The van der Waals surface area contributed by atoms with Crippen molar-refractivity contribution in [2.24, 2.45) is 0 Å². The van der Waals surface area contributed by atoms with Gasteiger partial charge >= 0.3 is 0 Å². The Morgan fingerprint density at radius 2 is 2.10 bits per heavy atom. The summed E-state index contributed by atoms with van der Waals surface area (Å²) in [6, 6.07) is 4.01. The van der Waals surface area contributed by atoms with Crippen LogP contribution in [0.1, 0.15) is 17.1 Å². The van der Waals surface area contributed by atoms with Crippen LogP contribution in [0.3, 0.4) is 0 Å². The number of aromatic nitrogens is 5. The predicted octanol–water partition coefficient (Wildman–Crippen LogP) is 2.33. The fourth-order valence-corrected chi connectivity index (χ4v) is 2.36. The van der Waals surface area contributed by atoms with Crippen LogP contribution in [0.5, 0.6) is 5.88 Å². The van der Waals surface area contributed by atoms with Gasteiger partial charge in [0.1, 0.15) is 12.2 Å². The van der Waals surface area contributed by atoms with Crippen LogP contribution in [0.4, 0.5) is 0 Å². The van der Waals surface area contributed by atoms with Crippen LogP contribution >= 0.6 is 11.6 Å². The lowest BCUT2D eigenvalue weighted by molar-refractivity contribution is 0.401. The summed E-state index contributed by atoms with van der Waals surface area (Å²) in [5.74, 6) is 1.47. The molecule has 3 heterocycles. The standard InChI is InChI=1S/C14H14ClN5O/c1-9-3-4-10(6-16-9)7-20-11(5-15)19-12-13(20)17-8-18-14(12)21-2/h3-4,6,8H,5,7H2,1-2H3. The zero-order chi connectivity index (χ0) is 14.8. The molecule has 0 saturated heterocycles. The van der Waals surface area contributed by atoms with Gasteiger partial charge in [-0.2, -0.15) is 4.98 Å². The first-order valence-corrected chi connectivity index (χ1v) is 6.98. The van der Waals surface area contributed by atoms with E-state index in [9.17, 15) is 0 Å². The lowest BCUT2D eigenvalue weighted by Gasteiger charge is -2.07. The van der Waals surface area contributed by atoms with E-state index in [2.05, 4.69) is 19.9 Å². The highest BCUT2D eigenvalue weighted by molar-refractivity contribution is 6.16. The molecule has 6 nitrogen and oxygen atoms in total. The number of nitrogens with zero attached hydrogens (tertiary/aromatic N) is 5. The van der Waals surface area contributed by atoms with Crippen molar-refractivity contribution in [2.75, 3.05) is 7.11 Å². The first kappa shape index (κ1) is 13.8. The molecular weight excluding hydrogens is 290 g/mol. The molecule has 0 aliphatic carbocycles. The minimum absolute atomic E-state index is 0.290. The van der Waals surface area contributed by atoms with Crippen molar-refractivity contribution in [1.29, 1.82) is 0 Å². The van der Waals surface area contributed by atoms with Gasteiger partial charge in [-0.05, 0) is 18.6 Å². The lowest BCUT2D eigenvalue weighted by Crippen LogP contribution is -2.05. The maximum Gasteiger partial charge on any atom is 0.245 e. The summed E-state index contributed by atoms with van der Waals surface area (Å²) in [7, 11) is 1.56. The Balaban J connectivity index is 2.10. The number of ether oxygens (including phenoxy) is 1. The Bertz CT molecular complexity index is 769. The van der Waals surface area contributed by atoms with Crippen molar-refractivity contribution in [3.8, 4) is 5.88 Å². The summed E-state index contributed by atoms with van der Waals surface area (Å²) in [5, 5.41) is 0. The number of methoxy groups -OCH3 is 1. The largest absolute Gasteiger partial charge is 0.479 e. The van der Waals surface area contributed by atoms with Crippen LogP contribution in [0.25, 0.3) is 11.2 Å².